The van der Waals surface area contributed by atoms with E-state index >= 15 is 0 Å². The summed E-state index contributed by atoms with van der Waals surface area (Å²) in [4.78, 5) is 2.27. The van der Waals surface area contributed by atoms with Crippen molar-refractivity contribution in [3.63, 3.8) is 0 Å². The van der Waals surface area contributed by atoms with Gasteiger partial charge in [-0.2, -0.15) is 0 Å². The summed E-state index contributed by atoms with van der Waals surface area (Å²) in [6.45, 7) is 3.71. The average Bonchev–Trinajstić information content (AvgIpc) is 2.50. The first-order valence-electron chi connectivity index (χ1n) is 7.16. The molecular formula is C15H24ClFN2O2. The summed E-state index contributed by atoms with van der Waals surface area (Å²) in [6.07, 6.45) is 1.39. The molecule has 1 aromatic carbocycles. The van der Waals surface area contributed by atoms with Crippen molar-refractivity contribution in [2.45, 2.75) is 18.9 Å². The lowest BCUT2D eigenvalue weighted by molar-refractivity contribution is 0.149. The number of hydrogen-bond donors (Lipinski definition) is 2. The van der Waals surface area contributed by atoms with Crippen LogP contribution in [0.25, 0.3) is 0 Å². The second-order valence-corrected chi connectivity index (χ2v) is 5.02. The molecule has 2 N–H and O–H groups in total. The van der Waals surface area contributed by atoms with E-state index in [1.165, 1.54) is 6.07 Å². The van der Waals surface area contributed by atoms with Crippen LogP contribution < -0.4 is 10.1 Å². The van der Waals surface area contributed by atoms with Gasteiger partial charge in [-0.15, -0.1) is 12.4 Å². The molecule has 1 heterocycles. The molecule has 120 valence electrons. The van der Waals surface area contributed by atoms with E-state index in [0.29, 0.717) is 17.7 Å². The summed E-state index contributed by atoms with van der Waals surface area (Å²) in [5, 5.41) is 12.4. The monoisotopic (exact) mass is 318 g/mol. The van der Waals surface area contributed by atoms with Crippen LogP contribution in [0.1, 0.15) is 24.4 Å². The third kappa shape index (κ3) is 4.54. The van der Waals surface area contributed by atoms with E-state index in [1.54, 1.807) is 19.2 Å². The van der Waals surface area contributed by atoms with Gasteiger partial charge < -0.3 is 15.2 Å². The Bertz CT molecular complexity index is 428. The van der Waals surface area contributed by atoms with E-state index in [9.17, 15) is 4.39 Å². The molecule has 1 atom stereocenters. The van der Waals surface area contributed by atoms with Crippen molar-refractivity contribution in [1.82, 2.24) is 10.2 Å². The number of aliphatic hydroxyl groups is 1. The van der Waals surface area contributed by atoms with Crippen molar-refractivity contribution < 1.29 is 14.2 Å². The number of nitrogens with one attached hydrogen (secondary N) is 1. The number of aliphatic hydroxyl groups excluding tert-OH is 1. The second-order valence-electron chi connectivity index (χ2n) is 5.02. The maximum Gasteiger partial charge on any atom is 0.131 e. The molecule has 4 nitrogen and oxygen atoms in total. The summed E-state index contributed by atoms with van der Waals surface area (Å²) in [5.41, 5.74) is 0.616. The molecule has 0 saturated carbocycles. The minimum absolute atomic E-state index is 0. The Morgan fingerprint density at radius 2 is 2.10 bits per heavy atom. The zero-order chi connectivity index (χ0) is 14.4. The lowest BCUT2D eigenvalue weighted by Crippen LogP contribution is -2.45. The van der Waals surface area contributed by atoms with Crippen LogP contribution in [-0.2, 0) is 0 Å². The van der Waals surface area contributed by atoms with Gasteiger partial charge in [0.25, 0.3) is 0 Å². The quantitative estimate of drug-likeness (QED) is 0.842. The molecule has 1 saturated heterocycles. The van der Waals surface area contributed by atoms with Crippen molar-refractivity contribution in [3.8, 4) is 5.75 Å². The van der Waals surface area contributed by atoms with Crippen molar-refractivity contribution in [1.29, 1.82) is 0 Å². The van der Waals surface area contributed by atoms with Crippen LogP contribution in [0.3, 0.4) is 0 Å². The number of halogens is 2. The minimum Gasteiger partial charge on any atom is -0.496 e. The van der Waals surface area contributed by atoms with E-state index in [0.717, 1.165) is 32.6 Å². The van der Waals surface area contributed by atoms with Crippen LogP contribution in [0.5, 0.6) is 5.75 Å². The highest BCUT2D eigenvalue weighted by atomic mass is 35.5. The predicted molar refractivity (Wildman–Crippen MR) is 83.7 cm³/mol. The summed E-state index contributed by atoms with van der Waals surface area (Å²) < 4.78 is 19.6. The minimum atomic E-state index is -0.231. The molecule has 0 amide bonds. The molecule has 1 aliphatic heterocycles. The molecule has 1 fully saturated rings. The lowest BCUT2D eigenvalue weighted by atomic mass is 9.98. The van der Waals surface area contributed by atoms with Crippen LogP contribution in [0.15, 0.2) is 18.2 Å². The standard InChI is InChI=1S/C15H23FN2O2.ClH/c1-20-14-6-2-4-12(16)15(14)13(5-3-11-19)18-9-7-17-8-10-18;/h2,4,6,13,17,19H,3,5,7-11H2,1H3;1H/t13-;/m0./s1. The fraction of sp³-hybridized carbons (Fsp3) is 0.600. The molecule has 0 bridgehead atoms. The summed E-state index contributed by atoms with van der Waals surface area (Å²) in [7, 11) is 1.57. The van der Waals surface area contributed by atoms with Gasteiger partial charge in [-0.1, -0.05) is 6.07 Å². The number of nitrogens with zero attached hydrogens (tertiary/aromatic N) is 1. The van der Waals surface area contributed by atoms with Gasteiger partial charge in [0.2, 0.25) is 0 Å². The molecule has 1 aromatic rings. The summed E-state index contributed by atoms with van der Waals surface area (Å²) in [5.74, 6) is 0.359. The second kappa shape index (κ2) is 9.20. The SMILES string of the molecule is COc1cccc(F)c1[C@H](CCCO)N1CCNCC1.Cl. The Kier molecular flexibility index (Phi) is 7.96. The van der Waals surface area contributed by atoms with Crippen molar-refractivity contribution in [3.05, 3.63) is 29.6 Å². The molecule has 0 unspecified atom stereocenters. The highest BCUT2D eigenvalue weighted by molar-refractivity contribution is 5.85. The van der Waals surface area contributed by atoms with Gasteiger partial charge in [0.05, 0.1) is 7.11 Å². The van der Waals surface area contributed by atoms with E-state index in [2.05, 4.69) is 10.2 Å². The van der Waals surface area contributed by atoms with Gasteiger partial charge in [-0.05, 0) is 25.0 Å². The van der Waals surface area contributed by atoms with Gasteiger partial charge in [0, 0.05) is 44.4 Å². The van der Waals surface area contributed by atoms with E-state index in [1.807, 2.05) is 0 Å². The predicted octanol–water partition coefficient (Wildman–Crippen LogP) is 1.97. The maximum absolute atomic E-state index is 14.3. The Balaban J connectivity index is 0.00000220. The van der Waals surface area contributed by atoms with Crippen molar-refractivity contribution >= 4 is 12.4 Å². The molecule has 1 aliphatic rings. The molecular weight excluding hydrogens is 295 g/mol. The van der Waals surface area contributed by atoms with Crippen LogP contribution in [0, 0.1) is 5.82 Å². The normalized spacial score (nSPS) is 17.1. The van der Waals surface area contributed by atoms with Gasteiger partial charge in [0.1, 0.15) is 11.6 Å². The molecule has 0 radical (unpaired) electrons. The highest BCUT2D eigenvalue weighted by Crippen LogP contribution is 2.34. The summed E-state index contributed by atoms with van der Waals surface area (Å²) in [6, 6.07) is 4.90. The number of hydrogen-bond acceptors (Lipinski definition) is 4. The molecule has 2 rings (SSSR count). The number of methoxy groups -OCH3 is 1. The number of piperazine rings is 1. The largest absolute Gasteiger partial charge is 0.496 e. The Morgan fingerprint density at radius 3 is 2.71 bits per heavy atom. The topological polar surface area (TPSA) is 44.7 Å². The van der Waals surface area contributed by atoms with Crippen LogP contribution >= 0.6 is 12.4 Å². The fourth-order valence-electron chi connectivity index (χ4n) is 2.81. The third-order valence-corrected chi connectivity index (χ3v) is 3.79. The fourth-order valence-corrected chi connectivity index (χ4v) is 2.81. The smallest absolute Gasteiger partial charge is 0.131 e. The van der Waals surface area contributed by atoms with E-state index in [-0.39, 0.29) is 30.9 Å². The molecule has 0 aromatic heterocycles. The van der Waals surface area contributed by atoms with E-state index < -0.39 is 0 Å². The van der Waals surface area contributed by atoms with Crippen LogP contribution in [0.2, 0.25) is 0 Å². The van der Waals surface area contributed by atoms with Crippen molar-refractivity contribution in [2.24, 2.45) is 0 Å². The Morgan fingerprint density at radius 1 is 1.38 bits per heavy atom. The molecule has 0 spiro atoms. The number of rotatable bonds is 6. The van der Waals surface area contributed by atoms with Crippen LogP contribution in [-0.4, -0.2) is 49.9 Å². The summed E-state index contributed by atoms with van der Waals surface area (Å²) >= 11 is 0. The van der Waals surface area contributed by atoms with Gasteiger partial charge in [-0.3, -0.25) is 4.90 Å². The zero-order valence-corrected chi connectivity index (χ0v) is 13.2. The van der Waals surface area contributed by atoms with Crippen LogP contribution in [0.4, 0.5) is 4.39 Å². The van der Waals surface area contributed by atoms with Crippen molar-refractivity contribution in [2.75, 3.05) is 39.9 Å². The van der Waals surface area contributed by atoms with Gasteiger partial charge in [-0.25, -0.2) is 4.39 Å². The average molecular weight is 319 g/mol. The number of benzene rings is 1. The lowest BCUT2D eigenvalue weighted by Gasteiger charge is -2.36. The first-order chi connectivity index (χ1) is 9.77. The van der Waals surface area contributed by atoms with Gasteiger partial charge in [0.15, 0.2) is 0 Å². The Labute approximate surface area is 131 Å². The highest BCUT2D eigenvalue weighted by Gasteiger charge is 2.27. The third-order valence-electron chi connectivity index (χ3n) is 3.79. The zero-order valence-electron chi connectivity index (χ0n) is 12.3. The molecule has 0 aliphatic carbocycles. The maximum atomic E-state index is 14.3. The van der Waals surface area contributed by atoms with Gasteiger partial charge >= 0.3 is 0 Å². The number of ether oxygens (including phenoxy) is 1. The first kappa shape index (κ1) is 18.2. The first-order valence-corrected chi connectivity index (χ1v) is 7.16. The Hall–Kier alpha value is -0.880. The molecule has 21 heavy (non-hydrogen) atoms. The van der Waals surface area contributed by atoms with E-state index in [4.69, 9.17) is 9.84 Å². The molecule has 6 heteroatoms.